The highest BCUT2D eigenvalue weighted by Gasteiger charge is 2.18. The molecule has 0 saturated carbocycles. The van der Waals surface area contributed by atoms with Crippen LogP contribution in [0, 0.1) is 13.8 Å². The molecule has 0 bridgehead atoms. The summed E-state index contributed by atoms with van der Waals surface area (Å²) in [5.41, 5.74) is 2.76. The van der Waals surface area contributed by atoms with Crippen molar-refractivity contribution in [1.82, 2.24) is 14.8 Å². The third-order valence-electron chi connectivity index (χ3n) is 4.64. The van der Waals surface area contributed by atoms with Crippen LogP contribution in [0.2, 0.25) is 15.1 Å². The van der Waals surface area contributed by atoms with Crippen LogP contribution in [0.1, 0.15) is 30.0 Å². The van der Waals surface area contributed by atoms with Crippen LogP contribution < -0.4 is 10.1 Å². The van der Waals surface area contributed by atoms with E-state index < -0.39 is 0 Å². The third kappa shape index (κ3) is 5.86. The topological polar surface area (TPSA) is 69.0 Å². The van der Waals surface area contributed by atoms with Gasteiger partial charge in [0.2, 0.25) is 5.91 Å². The normalized spacial score (nSPS) is 12.0. The van der Waals surface area contributed by atoms with Crippen molar-refractivity contribution in [2.45, 2.75) is 32.0 Å². The first-order valence-electron chi connectivity index (χ1n) is 9.36. The van der Waals surface area contributed by atoms with Crippen molar-refractivity contribution in [3.8, 4) is 5.75 Å². The van der Waals surface area contributed by atoms with Gasteiger partial charge in [-0.2, -0.15) is 0 Å². The van der Waals surface area contributed by atoms with Crippen molar-refractivity contribution in [3.63, 3.8) is 0 Å². The van der Waals surface area contributed by atoms with Gasteiger partial charge in [-0.3, -0.25) is 4.79 Å². The van der Waals surface area contributed by atoms with Gasteiger partial charge in [0.25, 0.3) is 0 Å². The number of carbonyl (C=O) groups is 1. The number of aryl methyl sites for hydroxylation is 2. The molecule has 1 atom stereocenters. The van der Waals surface area contributed by atoms with Crippen molar-refractivity contribution >= 4 is 58.2 Å². The number of hydrogen-bond acceptors (Lipinski definition) is 5. The number of anilines is 1. The molecule has 1 aromatic heterocycles. The van der Waals surface area contributed by atoms with Crippen molar-refractivity contribution in [2.75, 3.05) is 11.1 Å². The number of hydrogen-bond donors (Lipinski definition) is 1. The van der Waals surface area contributed by atoms with Gasteiger partial charge >= 0.3 is 0 Å². The van der Waals surface area contributed by atoms with Crippen LogP contribution in [0.15, 0.2) is 35.5 Å². The first-order valence-corrected chi connectivity index (χ1v) is 11.5. The molecule has 0 saturated heterocycles. The molecule has 0 aliphatic rings. The second-order valence-electron chi connectivity index (χ2n) is 6.99. The van der Waals surface area contributed by atoms with E-state index in [9.17, 15) is 4.79 Å². The van der Waals surface area contributed by atoms with Gasteiger partial charge in [-0.15, -0.1) is 10.2 Å². The predicted octanol–water partition coefficient (Wildman–Crippen LogP) is 6.26. The summed E-state index contributed by atoms with van der Waals surface area (Å²) in [6.07, 6.45) is -0.308. The summed E-state index contributed by atoms with van der Waals surface area (Å²) >= 11 is 19.3. The Balaban J connectivity index is 1.61. The summed E-state index contributed by atoms with van der Waals surface area (Å²) in [6, 6.07) is 8.95. The van der Waals surface area contributed by atoms with E-state index in [4.69, 9.17) is 39.5 Å². The van der Waals surface area contributed by atoms with E-state index in [1.165, 1.54) is 29.5 Å². The van der Waals surface area contributed by atoms with Crippen LogP contribution >= 0.6 is 46.6 Å². The van der Waals surface area contributed by atoms with Crippen molar-refractivity contribution in [1.29, 1.82) is 0 Å². The number of nitrogens with one attached hydrogen (secondary N) is 1. The van der Waals surface area contributed by atoms with Gasteiger partial charge in [0.15, 0.2) is 17.1 Å². The van der Waals surface area contributed by atoms with Gasteiger partial charge in [0.05, 0.1) is 26.5 Å². The minimum Gasteiger partial charge on any atom is -0.483 e. The number of carbonyl (C=O) groups excluding carboxylic acids is 1. The average molecular weight is 500 g/mol. The quantitative estimate of drug-likeness (QED) is 0.307. The fraction of sp³-hybridized carbons (Fsp3) is 0.286. The number of rotatable bonds is 7. The number of amides is 1. The Kier molecular flexibility index (Phi) is 7.75. The fourth-order valence-electron chi connectivity index (χ4n) is 2.78. The molecule has 1 amide bonds. The highest BCUT2D eigenvalue weighted by molar-refractivity contribution is 7.99. The van der Waals surface area contributed by atoms with Crippen molar-refractivity contribution < 1.29 is 9.53 Å². The Hall–Kier alpha value is -1.93. The SMILES string of the molecule is Cc1ccc(OC(C)c2nnc(SCC(=O)Nc3cc(Cl)c(Cl)cc3Cl)n2C)cc1C. The maximum atomic E-state index is 12.3. The van der Waals surface area contributed by atoms with Gasteiger partial charge < -0.3 is 14.6 Å². The molecule has 164 valence electrons. The third-order valence-corrected chi connectivity index (χ3v) is 6.69. The first-order chi connectivity index (χ1) is 14.7. The molecule has 31 heavy (non-hydrogen) atoms. The minimum absolute atomic E-state index is 0.120. The zero-order valence-corrected chi connectivity index (χ0v) is 20.5. The van der Waals surface area contributed by atoms with Crippen LogP contribution in [0.5, 0.6) is 5.75 Å². The van der Waals surface area contributed by atoms with E-state index in [2.05, 4.69) is 22.4 Å². The van der Waals surface area contributed by atoms with Crippen LogP contribution in [0.3, 0.4) is 0 Å². The number of ether oxygens (including phenoxy) is 1. The molecule has 10 heteroatoms. The van der Waals surface area contributed by atoms with E-state index in [0.29, 0.717) is 31.7 Å². The van der Waals surface area contributed by atoms with Crippen LogP contribution in [-0.4, -0.2) is 26.4 Å². The molecule has 0 aliphatic heterocycles. The van der Waals surface area contributed by atoms with E-state index in [1.54, 1.807) is 0 Å². The zero-order valence-electron chi connectivity index (χ0n) is 17.4. The molecule has 0 aliphatic carbocycles. The molecule has 1 unspecified atom stereocenters. The van der Waals surface area contributed by atoms with E-state index in [0.717, 1.165) is 11.3 Å². The number of benzene rings is 2. The van der Waals surface area contributed by atoms with Gasteiger partial charge in [-0.25, -0.2) is 0 Å². The molecular formula is C21H21Cl3N4O2S. The fourth-order valence-corrected chi connectivity index (χ4v) is 4.10. The maximum Gasteiger partial charge on any atom is 0.234 e. The molecule has 0 radical (unpaired) electrons. The molecule has 1 heterocycles. The van der Waals surface area contributed by atoms with Crippen molar-refractivity contribution in [3.05, 3.63) is 62.4 Å². The van der Waals surface area contributed by atoms with Crippen molar-refractivity contribution in [2.24, 2.45) is 7.05 Å². The average Bonchev–Trinajstić information content (AvgIpc) is 3.08. The summed E-state index contributed by atoms with van der Waals surface area (Å²) in [5, 5.41) is 12.7. The Labute approximate surface area is 200 Å². The van der Waals surface area contributed by atoms with E-state index >= 15 is 0 Å². The molecule has 6 nitrogen and oxygen atoms in total. The van der Waals surface area contributed by atoms with Gasteiger partial charge in [0, 0.05) is 7.05 Å². The summed E-state index contributed by atoms with van der Waals surface area (Å²) in [7, 11) is 1.84. The maximum absolute atomic E-state index is 12.3. The second-order valence-corrected chi connectivity index (χ2v) is 9.15. The summed E-state index contributed by atoms with van der Waals surface area (Å²) in [4.78, 5) is 12.3. The van der Waals surface area contributed by atoms with Crippen LogP contribution in [0.25, 0.3) is 0 Å². The summed E-state index contributed by atoms with van der Waals surface area (Å²) in [5.74, 6) is 1.29. The lowest BCUT2D eigenvalue weighted by molar-refractivity contribution is -0.113. The Morgan fingerprint density at radius 3 is 2.52 bits per heavy atom. The zero-order chi connectivity index (χ0) is 22.7. The molecule has 1 N–H and O–H groups in total. The Morgan fingerprint density at radius 1 is 1.10 bits per heavy atom. The lowest BCUT2D eigenvalue weighted by Gasteiger charge is -2.15. The molecule has 3 aromatic rings. The molecule has 0 spiro atoms. The number of halogens is 3. The van der Waals surface area contributed by atoms with E-state index in [1.807, 2.05) is 43.7 Å². The standard InChI is InChI=1S/C21H21Cl3N4O2S/c1-11-5-6-14(7-12(11)2)30-13(3)20-26-27-21(28(20)4)31-10-19(29)25-18-9-16(23)15(22)8-17(18)24/h5-9,13H,10H2,1-4H3,(H,25,29). The molecule has 0 fully saturated rings. The van der Waals surface area contributed by atoms with Gasteiger partial charge in [0.1, 0.15) is 5.75 Å². The Morgan fingerprint density at radius 2 is 1.81 bits per heavy atom. The monoisotopic (exact) mass is 498 g/mol. The van der Waals surface area contributed by atoms with Gasteiger partial charge in [-0.05, 0) is 56.2 Å². The summed E-state index contributed by atoms with van der Waals surface area (Å²) < 4.78 is 7.83. The van der Waals surface area contributed by atoms with Crippen LogP contribution in [-0.2, 0) is 11.8 Å². The predicted molar refractivity (Wildman–Crippen MR) is 127 cm³/mol. The summed E-state index contributed by atoms with van der Waals surface area (Å²) in [6.45, 7) is 6.01. The molecule has 2 aromatic carbocycles. The largest absolute Gasteiger partial charge is 0.483 e. The highest BCUT2D eigenvalue weighted by atomic mass is 35.5. The lowest BCUT2D eigenvalue weighted by Crippen LogP contribution is -2.15. The second kappa shape index (κ2) is 10.1. The Bertz CT molecular complexity index is 1120. The number of nitrogens with zero attached hydrogens (tertiary/aromatic N) is 3. The smallest absolute Gasteiger partial charge is 0.234 e. The number of aromatic nitrogens is 3. The van der Waals surface area contributed by atoms with E-state index in [-0.39, 0.29) is 17.8 Å². The molecular weight excluding hydrogens is 479 g/mol. The highest BCUT2D eigenvalue weighted by Crippen LogP contribution is 2.32. The van der Waals surface area contributed by atoms with Gasteiger partial charge in [-0.1, -0.05) is 52.6 Å². The molecule has 3 rings (SSSR count). The van der Waals surface area contributed by atoms with Crippen LogP contribution in [0.4, 0.5) is 5.69 Å². The number of thioether (sulfide) groups is 1. The first kappa shape index (κ1) is 23.7. The lowest BCUT2D eigenvalue weighted by atomic mass is 10.1. The minimum atomic E-state index is -0.308.